The monoisotopic (exact) mass is 476 g/mol. The van der Waals surface area contributed by atoms with Gasteiger partial charge in [0.25, 0.3) is 0 Å². The van der Waals surface area contributed by atoms with E-state index in [4.69, 9.17) is 0 Å². The van der Waals surface area contributed by atoms with Gasteiger partial charge in [0, 0.05) is 32.7 Å². The van der Waals surface area contributed by atoms with E-state index in [9.17, 15) is 8.78 Å². The Labute approximate surface area is 171 Å². The Morgan fingerprint density at radius 3 is 2.73 bits per heavy atom. The summed E-state index contributed by atoms with van der Waals surface area (Å²) in [5, 5.41) is 6.69. The zero-order chi connectivity index (χ0) is 17.6. The summed E-state index contributed by atoms with van der Waals surface area (Å²) < 4.78 is 27.9. The van der Waals surface area contributed by atoms with Crippen LogP contribution in [0.3, 0.4) is 0 Å². The number of allylic oxidation sites excluding steroid dienone is 1. The van der Waals surface area contributed by atoms with Crippen LogP contribution in [0.4, 0.5) is 14.5 Å². The maximum atomic E-state index is 13.9. The third-order valence-electron chi connectivity index (χ3n) is 4.88. The summed E-state index contributed by atoms with van der Waals surface area (Å²) in [6.07, 6.45) is 7.87. The standard InChI is InChI=1S/C19H26F2N4.HI/c1-22-19(23-11-9-14-5-2-3-6-14)24-15-10-12-25(13-15)18-16(20)7-4-8-17(18)21;/h4-5,7-8,15H,2-3,6,9-13H2,1H3,(H2,22,23,24);1H. The van der Waals surface area contributed by atoms with E-state index >= 15 is 0 Å². The fourth-order valence-corrected chi connectivity index (χ4v) is 3.57. The first-order chi connectivity index (χ1) is 12.2. The third kappa shape index (κ3) is 5.31. The Morgan fingerprint density at radius 1 is 1.31 bits per heavy atom. The predicted molar refractivity (Wildman–Crippen MR) is 113 cm³/mol. The Morgan fingerprint density at radius 2 is 2.08 bits per heavy atom. The van der Waals surface area contributed by atoms with Gasteiger partial charge >= 0.3 is 0 Å². The first kappa shape index (κ1) is 20.9. The molecule has 1 unspecified atom stereocenters. The molecule has 144 valence electrons. The average molecular weight is 476 g/mol. The van der Waals surface area contributed by atoms with Gasteiger partial charge in [0.15, 0.2) is 5.96 Å². The maximum absolute atomic E-state index is 13.9. The quantitative estimate of drug-likeness (QED) is 0.294. The van der Waals surface area contributed by atoms with Crippen LogP contribution in [0.5, 0.6) is 0 Å². The zero-order valence-corrected chi connectivity index (χ0v) is 17.4. The molecule has 1 atom stereocenters. The van der Waals surface area contributed by atoms with Crippen molar-refractivity contribution in [2.24, 2.45) is 4.99 Å². The molecule has 0 bridgehead atoms. The molecule has 3 rings (SSSR count). The van der Waals surface area contributed by atoms with Crippen molar-refractivity contribution in [3.8, 4) is 0 Å². The minimum Gasteiger partial charge on any atom is -0.365 e. The van der Waals surface area contributed by atoms with Crippen molar-refractivity contribution in [2.45, 2.75) is 38.1 Å². The molecule has 1 aliphatic carbocycles. The van der Waals surface area contributed by atoms with E-state index in [-0.39, 0.29) is 35.7 Å². The van der Waals surface area contributed by atoms with Gasteiger partial charge in [-0.05, 0) is 44.2 Å². The molecule has 2 N–H and O–H groups in total. The van der Waals surface area contributed by atoms with Crippen molar-refractivity contribution in [1.29, 1.82) is 0 Å². The van der Waals surface area contributed by atoms with E-state index in [1.54, 1.807) is 11.9 Å². The van der Waals surface area contributed by atoms with Crippen LogP contribution in [0, 0.1) is 11.6 Å². The van der Waals surface area contributed by atoms with Crippen molar-refractivity contribution in [3.63, 3.8) is 0 Å². The van der Waals surface area contributed by atoms with Crippen molar-refractivity contribution in [2.75, 3.05) is 31.6 Å². The molecule has 0 radical (unpaired) electrons. The van der Waals surface area contributed by atoms with E-state index in [0.717, 1.165) is 25.3 Å². The van der Waals surface area contributed by atoms with Crippen molar-refractivity contribution >= 4 is 35.6 Å². The largest absolute Gasteiger partial charge is 0.365 e. The number of benzene rings is 1. The molecule has 1 saturated heterocycles. The average Bonchev–Trinajstić information content (AvgIpc) is 3.26. The van der Waals surface area contributed by atoms with Gasteiger partial charge in [-0.2, -0.15) is 0 Å². The highest BCUT2D eigenvalue weighted by Gasteiger charge is 2.27. The van der Waals surface area contributed by atoms with Gasteiger partial charge in [-0.3, -0.25) is 4.99 Å². The zero-order valence-electron chi connectivity index (χ0n) is 15.1. The van der Waals surface area contributed by atoms with Crippen LogP contribution in [0.1, 0.15) is 32.1 Å². The molecule has 26 heavy (non-hydrogen) atoms. The SMILES string of the molecule is CN=C(NCCC1=CCCC1)NC1CCN(c2c(F)cccc2F)C1.I. The van der Waals surface area contributed by atoms with Crippen LogP contribution in [-0.4, -0.2) is 38.7 Å². The minimum absolute atomic E-state index is 0. The van der Waals surface area contributed by atoms with Gasteiger partial charge in [-0.1, -0.05) is 17.7 Å². The van der Waals surface area contributed by atoms with Crippen LogP contribution >= 0.6 is 24.0 Å². The smallest absolute Gasteiger partial charge is 0.191 e. The summed E-state index contributed by atoms with van der Waals surface area (Å²) in [5.41, 5.74) is 1.59. The third-order valence-corrected chi connectivity index (χ3v) is 4.88. The molecule has 1 aromatic carbocycles. The number of anilines is 1. The molecule has 1 aliphatic heterocycles. The fourth-order valence-electron chi connectivity index (χ4n) is 3.57. The van der Waals surface area contributed by atoms with Gasteiger partial charge < -0.3 is 15.5 Å². The second-order valence-electron chi connectivity index (χ2n) is 6.65. The molecular formula is C19H27F2IN4. The lowest BCUT2D eigenvalue weighted by Crippen LogP contribution is -2.45. The first-order valence-corrected chi connectivity index (χ1v) is 9.01. The summed E-state index contributed by atoms with van der Waals surface area (Å²) in [6, 6.07) is 4.12. The van der Waals surface area contributed by atoms with Crippen LogP contribution < -0.4 is 15.5 Å². The van der Waals surface area contributed by atoms with E-state index in [1.165, 1.54) is 43.0 Å². The van der Waals surface area contributed by atoms with Gasteiger partial charge in [-0.25, -0.2) is 8.78 Å². The summed E-state index contributed by atoms with van der Waals surface area (Å²) in [4.78, 5) is 6.02. The van der Waals surface area contributed by atoms with Gasteiger partial charge in [-0.15, -0.1) is 24.0 Å². The molecule has 4 nitrogen and oxygen atoms in total. The van der Waals surface area contributed by atoms with Gasteiger partial charge in [0.1, 0.15) is 17.3 Å². The Balaban J connectivity index is 0.00000243. The highest BCUT2D eigenvalue weighted by Crippen LogP contribution is 2.26. The molecule has 1 aromatic rings. The summed E-state index contributed by atoms with van der Waals surface area (Å²) >= 11 is 0. The van der Waals surface area contributed by atoms with Crippen LogP contribution in [-0.2, 0) is 0 Å². The van der Waals surface area contributed by atoms with Crippen LogP contribution in [0.2, 0.25) is 0 Å². The number of para-hydroxylation sites is 1. The van der Waals surface area contributed by atoms with Crippen LogP contribution in [0.15, 0.2) is 34.8 Å². The molecule has 7 heteroatoms. The Kier molecular flexibility index (Phi) is 8.12. The number of hydrogen-bond donors (Lipinski definition) is 2. The molecule has 1 fully saturated rings. The second-order valence-corrected chi connectivity index (χ2v) is 6.65. The van der Waals surface area contributed by atoms with E-state index in [0.29, 0.717) is 13.1 Å². The normalized spacial score (nSPS) is 20.0. The number of hydrogen-bond acceptors (Lipinski definition) is 2. The maximum Gasteiger partial charge on any atom is 0.191 e. The molecule has 0 spiro atoms. The van der Waals surface area contributed by atoms with E-state index in [1.807, 2.05) is 0 Å². The lowest BCUT2D eigenvalue weighted by molar-refractivity contribution is 0.576. The van der Waals surface area contributed by atoms with E-state index < -0.39 is 11.6 Å². The predicted octanol–water partition coefficient (Wildman–Crippen LogP) is 3.83. The van der Waals surface area contributed by atoms with Gasteiger partial charge in [0.05, 0.1) is 0 Å². The topological polar surface area (TPSA) is 39.7 Å². The number of aliphatic imine (C=N–C) groups is 1. The second kappa shape index (κ2) is 10.1. The number of guanidine groups is 1. The van der Waals surface area contributed by atoms with Crippen molar-refractivity contribution in [3.05, 3.63) is 41.5 Å². The lowest BCUT2D eigenvalue weighted by Gasteiger charge is -2.21. The number of halogens is 3. The molecule has 0 amide bonds. The van der Waals surface area contributed by atoms with E-state index in [2.05, 4.69) is 21.7 Å². The molecule has 0 saturated carbocycles. The number of nitrogens with zero attached hydrogens (tertiary/aromatic N) is 2. The fraction of sp³-hybridized carbons (Fsp3) is 0.526. The molecule has 2 aliphatic rings. The first-order valence-electron chi connectivity index (χ1n) is 9.01. The summed E-state index contributed by atoms with van der Waals surface area (Å²) in [7, 11) is 1.74. The van der Waals surface area contributed by atoms with Gasteiger partial charge in [0.2, 0.25) is 0 Å². The lowest BCUT2D eigenvalue weighted by atomic mass is 10.2. The molecule has 1 heterocycles. The Hall–Kier alpha value is -1.38. The van der Waals surface area contributed by atoms with Crippen LogP contribution in [0.25, 0.3) is 0 Å². The van der Waals surface area contributed by atoms with Crippen molar-refractivity contribution < 1.29 is 8.78 Å². The highest BCUT2D eigenvalue weighted by atomic mass is 127. The molecule has 0 aromatic heterocycles. The highest BCUT2D eigenvalue weighted by molar-refractivity contribution is 14.0. The number of rotatable bonds is 5. The molecular weight excluding hydrogens is 449 g/mol. The summed E-state index contributed by atoms with van der Waals surface area (Å²) in [6.45, 7) is 2.03. The Bertz CT molecular complexity index is 643. The van der Waals surface area contributed by atoms with Crippen molar-refractivity contribution in [1.82, 2.24) is 10.6 Å². The summed E-state index contributed by atoms with van der Waals surface area (Å²) in [5.74, 6) is -0.263. The number of nitrogens with one attached hydrogen (secondary N) is 2. The minimum atomic E-state index is -0.506.